The first-order chi connectivity index (χ1) is 8.71. The molecule has 1 saturated carbocycles. The molecule has 100 valence electrons. The van der Waals surface area contributed by atoms with Crippen molar-refractivity contribution in [1.82, 2.24) is 9.97 Å². The molecule has 1 aliphatic rings. The fourth-order valence-corrected chi connectivity index (χ4v) is 2.61. The van der Waals surface area contributed by atoms with Crippen LogP contribution in [-0.2, 0) is 0 Å². The lowest BCUT2D eigenvalue weighted by atomic mass is 9.87. The van der Waals surface area contributed by atoms with Gasteiger partial charge in [0.15, 0.2) is 0 Å². The van der Waals surface area contributed by atoms with Gasteiger partial charge in [0.2, 0.25) is 5.88 Å². The van der Waals surface area contributed by atoms with Crippen LogP contribution in [0.1, 0.15) is 31.2 Å². The van der Waals surface area contributed by atoms with E-state index in [1.165, 1.54) is 19.2 Å². The fourth-order valence-electron chi connectivity index (χ4n) is 2.61. The minimum absolute atomic E-state index is 0.0185. The first kappa shape index (κ1) is 13.1. The number of nitrogens with one attached hydrogen (secondary N) is 1. The number of rotatable bonds is 5. The maximum atomic E-state index is 9.57. The summed E-state index contributed by atoms with van der Waals surface area (Å²) in [6.07, 6.45) is 6.06. The number of aliphatic hydroxyl groups is 1. The van der Waals surface area contributed by atoms with Crippen LogP contribution in [0.4, 0.5) is 5.82 Å². The SMILES string of the molecule is COc1ncnc(NCC2(CO)CCCC2)c1C. The number of hydrogen-bond acceptors (Lipinski definition) is 5. The van der Waals surface area contributed by atoms with Crippen molar-refractivity contribution in [3.8, 4) is 5.88 Å². The zero-order chi connectivity index (χ0) is 13.0. The van der Waals surface area contributed by atoms with E-state index in [4.69, 9.17) is 4.74 Å². The van der Waals surface area contributed by atoms with Gasteiger partial charge in [-0.25, -0.2) is 9.97 Å². The summed E-state index contributed by atoms with van der Waals surface area (Å²) in [6, 6.07) is 0. The van der Waals surface area contributed by atoms with Crippen LogP contribution < -0.4 is 10.1 Å². The van der Waals surface area contributed by atoms with E-state index < -0.39 is 0 Å². The van der Waals surface area contributed by atoms with E-state index in [0.717, 1.165) is 30.8 Å². The Kier molecular flexibility index (Phi) is 4.01. The van der Waals surface area contributed by atoms with Gasteiger partial charge >= 0.3 is 0 Å². The predicted octanol–water partition coefficient (Wildman–Crippen LogP) is 1.76. The molecule has 0 bridgehead atoms. The highest BCUT2D eigenvalue weighted by Gasteiger charge is 2.33. The van der Waals surface area contributed by atoms with E-state index in [9.17, 15) is 5.11 Å². The number of aromatic nitrogens is 2. The Labute approximate surface area is 108 Å². The van der Waals surface area contributed by atoms with Gasteiger partial charge in [0.1, 0.15) is 12.1 Å². The molecular weight excluding hydrogens is 230 g/mol. The molecule has 0 atom stereocenters. The molecular formula is C13H21N3O2. The Morgan fingerprint density at radius 1 is 1.39 bits per heavy atom. The minimum atomic E-state index is 0.0185. The van der Waals surface area contributed by atoms with Gasteiger partial charge < -0.3 is 15.2 Å². The summed E-state index contributed by atoms with van der Waals surface area (Å²) < 4.78 is 5.17. The lowest BCUT2D eigenvalue weighted by Crippen LogP contribution is -2.31. The second-order valence-corrected chi connectivity index (χ2v) is 5.08. The van der Waals surface area contributed by atoms with Crippen molar-refractivity contribution >= 4 is 5.82 Å². The standard InChI is InChI=1S/C13H21N3O2/c1-10-11(15-9-16-12(10)18-2)14-7-13(8-17)5-3-4-6-13/h9,17H,3-8H2,1-2H3,(H,14,15,16). The van der Waals surface area contributed by atoms with E-state index in [2.05, 4.69) is 15.3 Å². The molecule has 0 spiro atoms. The van der Waals surface area contributed by atoms with Crippen molar-refractivity contribution in [3.63, 3.8) is 0 Å². The third kappa shape index (κ3) is 2.56. The molecule has 1 fully saturated rings. The summed E-state index contributed by atoms with van der Waals surface area (Å²) in [4.78, 5) is 8.28. The summed E-state index contributed by atoms with van der Waals surface area (Å²) in [5, 5.41) is 12.9. The summed E-state index contributed by atoms with van der Waals surface area (Å²) in [7, 11) is 1.60. The molecule has 0 unspecified atom stereocenters. The van der Waals surface area contributed by atoms with Gasteiger partial charge in [-0.15, -0.1) is 0 Å². The van der Waals surface area contributed by atoms with Gasteiger partial charge in [-0.1, -0.05) is 12.8 Å². The van der Waals surface area contributed by atoms with Crippen molar-refractivity contribution < 1.29 is 9.84 Å². The number of ether oxygens (including phenoxy) is 1. The van der Waals surface area contributed by atoms with E-state index in [1.807, 2.05) is 6.92 Å². The number of hydrogen-bond donors (Lipinski definition) is 2. The third-order valence-electron chi connectivity index (χ3n) is 3.86. The van der Waals surface area contributed by atoms with Crippen LogP contribution in [0.25, 0.3) is 0 Å². The van der Waals surface area contributed by atoms with Crippen LogP contribution in [-0.4, -0.2) is 35.3 Å². The smallest absolute Gasteiger partial charge is 0.221 e. The van der Waals surface area contributed by atoms with Crippen LogP contribution in [0.2, 0.25) is 0 Å². The molecule has 1 aromatic rings. The summed E-state index contributed by atoms with van der Waals surface area (Å²) in [5.74, 6) is 1.39. The van der Waals surface area contributed by atoms with Crippen molar-refractivity contribution in [2.45, 2.75) is 32.6 Å². The first-order valence-electron chi connectivity index (χ1n) is 6.41. The van der Waals surface area contributed by atoms with E-state index in [0.29, 0.717) is 5.88 Å². The van der Waals surface area contributed by atoms with Gasteiger partial charge in [0.25, 0.3) is 0 Å². The van der Waals surface area contributed by atoms with Gasteiger partial charge in [-0.05, 0) is 19.8 Å². The summed E-state index contributed by atoms with van der Waals surface area (Å²) >= 11 is 0. The Bertz CT molecular complexity index is 403. The first-order valence-corrected chi connectivity index (χ1v) is 6.41. The Morgan fingerprint density at radius 2 is 2.11 bits per heavy atom. The van der Waals surface area contributed by atoms with Crippen molar-refractivity contribution in [2.75, 3.05) is 25.6 Å². The Morgan fingerprint density at radius 3 is 2.72 bits per heavy atom. The monoisotopic (exact) mass is 251 g/mol. The minimum Gasteiger partial charge on any atom is -0.481 e. The molecule has 1 aromatic heterocycles. The molecule has 0 aromatic carbocycles. The van der Waals surface area contributed by atoms with E-state index >= 15 is 0 Å². The maximum absolute atomic E-state index is 9.57. The lowest BCUT2D eigenvalue weighted by Gasteiger charge is -2.27. The molecule has 0 aliphatic heterocycles. The van der Waals surface area contributed by atoms with Crippen LogP contribution in [0.3, 0.4) is 0 Å². The van der Waals surface area contributed by atoms with E-state index in [-0.39, 0.29) is 12.0 Å². The molecule has 2 rings (SSSR count). The number of nitrogens with zero attached hydrogens (tertiary/aromatic N) is 2. The topological polar surface area (TPSA) is 67.3 Å². The molecule has 5 nitrogen and oxygen atoms in total. The second-order valence-electron chi connectivity index (χ2n) is 5.08. The molecule has 1 heterocycles. The molecule has 2 N–H and O–H groups in total. The zero-order valence-corrected chi connectivity index (χ0v) is 11.1. The predicted molar refractivity (Wildman–Crippen MR) is 69.8 cm³/mol. The highest BCUT2D eigenvalue weighted by atomic mass is 16.5. The Hall–Kier alpha value is -1.36. The number of methoxy groups -OCH3 is 1. The fraction of sp³-hybridized carbons (Fsp3) is 0.692. The quantitative estimate of drug-likeness (QED) is 0.834. The average molecular weight is 251 g/mol. The van der Waals surface area contributed by atoms with Crippen molar-refractivity contribution in [2.24, 2.45) is 5.41 Å². The number of aliphatic hydroxyl groups excluding tert-OH is 1. The molecule has 0 amide bonds. The third-order valence-corrected chi connectivity index (χ3v) is 3.86. The van der Waals surface area contributed by atoms with Gasteiger partial charge in [0.05, 0.1) is 19.3 Å². The number of anilines is 1. The zero-order valence-electron chi connectivity index (χ0n) is 11.1. The molecule has 0 radical (unpaired) electrons. The molecule has 1 aliphatic carbocycles. The van der Waals surface area contributed by atoms with E-state index in [1.54, 1.807) is 7.11 Å². The summed E-state index contributed by atoms with van der Waals surface area (Å²) in [6.45, 7) is 2.92. The van der Waals surface area contributed by atoms with Crippen LogP contribution in [0.15, 0.2) is 6.33 Å². The van der Waals surface area contributed by atoms with Crippen molar-refractivity contribution in [1.29, 1.82) is 0 Å². The highest BCUT2D eigenvalue weighted by Crippen LogP contribution is 2.37. The second kappa shape index (κ2) is 5.52. The average Bonchev–Trinajstić information content (AvgIpc) is 2.87. The van der Waals surface area contributed by atoms with Gasteiger partial charge in [0, 0.05) is 12.0 Å². The maximum Gasteiger partial charge on any atom is 0.221 e. The summed E-state index contributed by atoms with van der Waals surface area (Å²) in [5.41, 5.74) is 0.927. The van der Waals surface area contributed by atoms with Crippen LogP contribution >= 0.6 is 0 Å². The molecule has 5 heteroatoms. The van der Waals surface area contributed by atoms with Crippen LogP contribution in [0, 0.1) is 12.3 Å². The Balaban J connectivity index is 2.05. The van der Waals surface area contributed by atoms with Gasteiger partial charge in [-0.3, -0.25) is 0 Å². The lowest BCUT2D eigenvalue weighted by molar-refractivity contribution is 0.142. The highest BCUT2D eigenvalue weighted by molar-refractivity contribution is 5.47. The normalized spacial score (nSPS) is 17.7. The van der Waals surface area contributed by atoms with Crippen LogP contribution in [0.5, 0.6) is 5.88 Å². The molecule has 18 heavy (non-hydrogen) atoms. The largest absolute Gasteiger partial charge is 0.481 e. The van der Waals surface area contributed by atoms with Crippen molar-refractivity contribution in [3.05, 3.63) is 11.9 Å². The van der Waals surface area contributed by atoms with Gasteiger partial charge in [-0.2, -0.15) is 0 Å². The molecule has 0 saturated heterocycles.